The zero-order chi connectivity index (χ0) is 11.3. The smallest absolute Gasteiger partial charge is 0.212 e. The molecule has 0 bridgehead atoms. The molecule has 0 heterocycles. The number of nitrogens with zero attached hydrogens (tertiary/aromatic N) is 1. The van der Waals surface area contributed by atoms with Gasteiger partial charge in [0.25, 0.3) is 0 Å². The second kappa shape index (κ2) is 6.06. The fraction of sp³-hybridized carbons (Fsp3) is 1.00. The molecule has 5 heteroatoms. The first-order chi connectivity index (χ1) is 7.08. The Hall–Kier alpha value is 0.200. The molecule has 0 unspecified atom stereocenters. The predicted octanol–water partition coefficient (Wildman–Crippen LogP) is 2.21. The second-order valence-electron chi connectivity index (χ2n) is 4.17. The minimum Gasteiger partial charge on any atom is -0.212 e. The van der Waals surface area contributed by atoms with Crippen molar-refractivity contribution in [1.82, 2.24) is 4.31 Å². The van der Waals surface area contributed by atoms with E-state index in [2.05, 4.69) is 0 Å². The third kappa shape index (κ3) is 3.93. The van der Waals surface area contributed by atoms with Crippen molar-refractivity contribution in [2.24, 2.45) is 0 Å². The van der Waals surface area contributed by atoms with Gasteiger partial charge in [0.2, 0.25) is 10.0 Å². The van der Waals surface area contributed by atoms with Crippen molar-refractivity contribution in [3.63, 3.8) is 0 Å². The molecule has 0 N–H and O–H groups in total. The minimum atomic E-state index is -3.12. The van der Waals surface area contributed by atoms with Gasteiger partial charge < -0.3 is 0 Å². The third-order valence-electron chi connectivity index (χ3n) is 3.11. The minimum absolute atomic E-state index is 0.0571. The molecule has 0 atom stereocenters. The Kier molecular flexibility index (Phi) is 5.36. The zero-order valence-electron chi connectivity index (χ0n) is 9.28. The van der Waals surface area contributed by atoms with Gasteiger partial charge >= 0.3 is 0 Å². The Balaban J connectivity index is 2.61. The molecule has 0 spiro atoms. The lowest BCUT2D eigenvalue weighted by atomic mass is 10.1. The Labute approximate surface area is 97.8 Å². The highest BCUT2D eigenvalue weighted by atomic mass is 35.5. The summed E-state index contributed by atoms with van der Waals surface area (Å²) in [5.41, 5.74) is 0. The average molecular weight is 254 g/mol. The fourth-order valence-electron chi connectivity index (χ4n) is 2.09. The second-order valence-corrected chi connectivity index (χ2v) is 6.69. The van der Waals surface area contributed by atoms with Crippen LogP contribution in [0.1, 0.15) is 38.5 Å². The maximum Gasteiger partial charge on any atom is 0.215 e. The number of hydrogen-bond acceptors (Lipinski definition) is 2. The third-order valence-corrected chi connectivity index (χ3v) is 5.42. The lowest BCUT2D eigenvalue weighted by Gasteiger charge is -2.26. The first-order valence-electron chi connectivity index (χ1n) is 5.59. The van der Waals surface area contributed by atoms with E-state index in [1.165, 1.54) is 12.8 Å². The summed E-state index contributed by atoms with van der Waals surface area (Å²) in [5, 5.41) is 0. The summed E-state index contributed by atoms with van der Waals surface area (Å²) >= 11 is 5.50. The summed E-state index contributed by atoms with van der Waals surface area (Å²) in [6, 6.07) is 0.195. The van der Waals surface area contributed by atoms with Gasteiger partial charge in [0, 0.05) is 19.0 Å². The summed E-state index contributed by atoms with van der Waals surface area (Å²) in [6.45, 7) is 0. The van der Waals surface area contributed by atoms with E-state index in [0.717, 1.165) is 25.7 Å². The van der Waals surface area contributed by atoms with Crippen LogP contribution in [0.5, 0.6) is 0 Å². The number of halogens is 1. The van der Waals surface area contributed by atoms with Crippen LogP contribution >= 0.6 is 11.6 Å². The molecular formula is C10H20ClNO2S. The monoisotopic (exact) mass is 253 g/mol. The van der Waals surface area contributed by atoms with Crippen LogP contribution in [0.2, 0.25) is 0 Å². The first kappa shape index (κ1) is 13.3. The van der Waals surface area contributed by atoms with Crippen molar-refractivity contribution in [3.05, 3.63) is 0 Å². The van der Waals surface area contributed by atoms with Gasteiger partial charge in [0.1, 0.15) is 0 Å². The van der Waals surface area contributed by atoms with Crippen LogP contribution in [0.3, 0.4) is 0 Å². The molecular weight excluding hydrogens is 234 g/mol. The van der Waals surface area contributed by atoms with Crippen molar-refractivity contribution < 1.29 is 8.42 Å². The Morgan fingerprint density at radius 2 is 1.73 bits per heavy atom. The van der Waals surface area contributed by atoms with Gasteiger partial charge in [0.05, 0.1) is 5.75 Å². The van der Waals surface area contributed by atoms with E-state index >= 15 is 0 Å². The van der Waals surface area contributed by atoms with Crippen LogP contribution in [0.15, 0.2) is 0 Å². The highest BCUT2D eigenvalue weighted by Crippen LogP contribution is 2.22. The number of alkyl halides is 1. The predicted molar refractivity (Wildman–Crippen MR) is 63.8 cm³/mol. The van der Waals surface area contributed by atoms with Crippen LogP contribution in [-0.4, -0.2) is 37.4 Å². The van der Waals surface area contributed by atoms with Crippen LogP contribution in [0.4, 0.5) is 0 Å². The first-order valence-corrected chi connectivity index (χ1v) is 7.74. The van der Waals surface area contributed by atoms with Crippen LogP contribution in [0.25, 0.3) is 0 Å². The van der Waals surface area contributed by atoms with Crippen molar-refractivity contribution >= 4 is 21.6 Å². The molecule has 1 saturated carbocycles. The fourth-order valence-corrected chi connectivity index (χ4v) is 3.82. The molecule has 0 amide bonds. The van der Waals surface area contributed by atoms with Crippen LogP contribution in [0, 0.1) is 0 Å². The molecule has 90 valence electrons. The summed E-state index contributed by atoms with van der Waals surface area (Å²) < 4.78 is 25.1. The summed E-state index contributed by atoms with van der Waals surface area (Å²) in [4.78, 5) is 0. The lowest BCUT2D eigenvalue weighted by Crippen LogP contribution is -2.38. The van der Waals surface area contributed by atoms with Gasteiger partial charge in [-0.1, -0.05) is 25.7 Å². The SMILES string of the molecule is CN(C1CCCCCC1)S(=O)(=O)CCCl. The van der Waals surface area contributed by atoms with Crippen molar-refractivity contribution in [1.29, 1.82) is 0 Å². The lowest BCUT2D eigenvalue weighted by molar-refractivity contribution is 0.336. The molecule has 0 aromatic carbocycles. The molecule has 1 aliphatic rings. The van der Waals surface area contributed by atoms with E-state index in [0.29, 0.717) is 0 Å². The zero-order valence-corrected chi connectivity index (χ0v) is 10.9. The van der Waals surface area contributed by atoms with E-state index in [1.54, 1.807) is 11.4 Å². The van der Waals surface area contributed by atoms with Crippen molar-refractivity contribution in [2.45, 2.75) is 44.6 Å². The molecule has 0 aromatic heterocycles. The maximum absolute atomic E-state index is 11.8. The normalized spacial score (nSPS) is 20.5. The molecule has 0 radical (unpaired) electrons. The van der Waals surface area contributed by atoms with E-state index < -0.39 is 10.0 Å². The van der Waals surface area contributed by atoms with Gasteiger partial charge in [-0.25, -0.2) is 12.7 Å². The molecule has 1 rings (SSSR count). The van der Waals surface area contributed by atoms with E-state index in [-0.39, 0.29) is 17.7 Å². The molecule has 1 fully saturated rings. The number of rotatable bonds is 4. The topological polar surface area (TPSA) is 37.4 Å². The Morgan fingerprint density at radius 3 is 2.20 bits per heavy atom. The summed E-state index contributed by atoms with van der Waals surface area (Å²) in [6.07, 6.45) is 6.76. The molecule has 0 saturated heterocycles. The van der Waals surface area contributed by atoms with E-state index in [1.807, 2.05) is 0 Å². The van der Waals surface area contributed by atoms with Crippen LogP contribution in [-0.2, 0) is 10.0 Å². The molecule has 3 nitrogen and oxygen atoms in total. The van der Waals surface area contributed by atoms with Gasteiger partial charge in [-0.2, -0.15) is 0 Å². The van der Waals surface area contributed by atoms with Crippen molar-refractivity contribution in [3.8, 4) is 0 Å². The molecule has 0 aliphatic heterocycles. The molecule has 1 aliphatic carbocycles. The highest BCUT2D eigenvalue weighted by Gasteiger charge is 2.25. The highest BCUT2D eigenvalue weighted by molar-refractivity contribution is 7.89. The van der Waals surface area contributed by atoms with E-state index in [9.17, 15) is 8.42 Å². The van der Waals surface area contributed by atoms with Gasteiger partial charge in [-0.15, -0.1) is 11.6 Å². The molecule has 15 heavy (non-hydrogen) atoms. The van der Waals surface area contributed by atoms with Gasteiger partial charge in [-0.3, -0.25) is 0 Å². The summed E-state index contributed by atoms with van der Waals surface area (Å²) in [5.74, 6) is 0.237. The maximum atomic E-state index is 11.8. The average Bonchev–Trinajstić information content (AvgIpc) is 2.44. The number of hydrogen-bond donors (Lipinski definition) is 0. The van der Waals surface area contributed by atoms with E-state index in [4.69, 9.17) is 11.6 Å². The van der Waals surface area contributed by atoms with Crippen molar-refractivity contribution in [2.75, 3.05) is 18.7 Å². The van der Waals surface area contributed by atoms with Gasteiger partial charge in [0.15, 0.2) is 0 Å². The van der Waals surface area contributed by atoms with Crippen LogP contribution < -0.4 is 0 Å². The quantitative estimate of drug-likeness (QED) is 0.569. The standard InChI is InChI=1S/C10H20ClNO2S/c1-12(15(13,14)9-8-11)10-6-4-2-3-5-7-10/h10H,2-9H2,1H3. The Morgan fingerprint density at radius 1 is 1.20 bits per heavy atom. The Bertz CT molecular complexity index is 271. The van der Waals surface area contributed by atoms with Gasteiger partial charge in [-0.05, 0) is 12.8 Å². The number of sulfonamides is 1. The molecule has 0 aromatic rings. The largest absolute Gasteiger partial charge is 0.215 e. The summed E-state index contributed by atoms with van der Waals surface area (Å²) in [7, 11) is -1.43.